The van der Waals surface area contributed by atoms with Crippen LogP contribution >= 0.6 is 0 Å². The molecule has 2 heterocycles. The largest absolute Gasteiger partial charge is 0.339 e. The van der Waals surface area contributed by atoms with Gasteiger partial charge in [-0.25, -0.2) is 0 Å². The lowest BCUT2D eigenvalue weighted by Crippen LogP contribution is -2.38. The van der Waals surface area contributed by atoms with Crippen molar-refractivity contribution >= 4 is 5.91 Å². The average Bonchev–Trinajstić information content (AvgIpc) is 2.69. The lowest BCUT2D eigenvalue weighted by molar-refractivity contribution is -0.129. The van der Waals surface area contributed by atoms with Crippen molar-refractivity contribution in [2.45, 2.75) is 37.6 Å². The molecule has 2 heteroatoms. The number of hydrogen-bond donors (Lipinski definition) is 0. The molecular weight excluding hydrogens is 198 g/mol. The molecule has 2 atom stereocenters. The van der Waals surface area contributed by atoms with Gasteiger partial charge in [-0.2, -0.15) is 0 Å². The maximum absolute atomic E-state index is 11.9. The number of piperidine rings is 1. The molecule has 0 aromatic heterocycles. The zero-order chi connectivity index (χ0) is 11.0. The van der Waals surface area contributed by atoms with Crippen molar-refractivity contribution in [3.05, 3.63) is 35.9 Å². The Hall–Kier alpha value is -1.31. The number of rotatable bonds is 1. The summed E-state index contributed by atoms with van der Waals surface area (Å²) in [6, 6.07) is 11.0. The minimum Gasteiger partial charge on any atom is -0.339 e. The molecule has 2 unspecified atom stereocenters. The summed E-state index contributed by atoms with van der Waals surface area (Å²) in [5, 5.41) is 0. The highest BCUT2D eigenvalue weighted by atomic mass is 16.2. The van der Waals surface area contributed by atoms with E-state index in [4.69, 9.17) is 0 Å². The summed E-state index contributed by atoms with van der Waals surface area (Å²) in [6.45, 7) is 0.979. The quantitative estimate of drug-likeness (QED) is 0.705. The molecule has 0 saturated carbocycles. The van der Waals surface area contributed by atoms with Crippen LogP contribution in [0.5, 0.6) is 0 Å². The van der Waals surface area contributed by atoms with E-state index in [2.05, 4.69) is 29.2 Å². The molecule has 0 spiro atoms. The van der Waals surface area contributed by atoms with E-state index >= 15 is 0 Å². The molecule has 1 aromatic rings. The molecule has 0 aliphatic carbocycles. The van der Waals surface area contributed by atoms with E-state index in [1.165, 1.54) is 24.8 Å². The van der Waals surface area contributed by atoms with Gasteiger partial charge in [-0.1, -0.05) is 30.3 Å². The first-order valence-electron chi connectivity index (χ1n) is 6.20. The second-order valence-corrected chi connectivity index (χ2v) is 4.87. The van der Waals surface area contributed by atoms with E-state index in [9.17, 15) is 4.79 Å². The number of fused-ring (bicyclic) bond motifs is 1. The fourth-order valence-corrected chi connectivity index (χ4v) is 3.17. The lowest BCUT2D eigenvalue weighted by Gasteiger charge is -2.32. The molecule has 1 amide bonds. The molecule has 2 aliphatic heterocycles. The van der Waals surface area contributed by atoms with Crippen molar-refractivity contribution in [2.75, 3.05) is 6.54 Å². The van der Waals surface area contributed by atoms with Crippen molar-refractivity contribution in [1.29, 1.82) is 0 Å². The molecule has 3 rings (SSSR count). The van der Waals surface area contributed by atoms with Gasteiger partial charge in [0.25, 0.3) is 0 Å². The zero-order valence-electron chi connectivity index (χ0n) is 9.43. The highest BCUT2D eigenvalue weighted by molar-refractivity contribution is 5.80. The van der Waals surface area contributed by atoms with E-state index in [1.54, 1.807) is 0 Å². The van der Waals surface area contributed by atoms with Crippen molar-refractivity contribution in [3.8, 4) is 0 Å². The predicted octanol–water partition coefficient (Wildman–Crippen LogP) is 2.56. The summed E-state index contributed by atoms with van der Waals surface area (Å²) in [5.41, 5.74) is 1.34. The number of hydrogen-bond acceptors (Lipinski definition) is 1. The van der Waals surface area contributed by atoms with Crippen LogP contribution in [0.15, 0.2) is 30.3 Å². The second kappa shape index (κ2) is 3.93. The minimum atomic E-state index is 0.360. The van der Waals surface area contributed by atoms with Gasteiger partial charge in [0.15, 0.2) is 0 Å². The molecule has 0 radical (unpaired) electrons. The molecule has 0 bridgehead atoms. The summed E-state index contributed by atoms with van der Waals surface area (Å²) >= 11 is 0. The van der Waals surface area contributed by atoms with E-state index in [1.807, 2.05) is 6.07 Å². The van der Waals surface area contributed by atoms with E-state index in [0.29, 0.717) is 24.3 Å². The average molecular weight is 215 g/mol. The first kappa shape index (κ1) is 9.88. The van der Waals surface area contributed by atoms with Crippen LogP contribution in [0.1, 0.15) is 37.2 Å². The maximum Gasteiger partial charge on any atom is 0.223 e. The molecule has 2 saturated heterocycles. The molecule has 84 valence electrons. The van der Waals surface area contributed by atoms with E-state index < -0.39 is 0 Å². The van der Waals surface area contributed by atoms with Gasteiger partial charge < -0.3 is 4.90 Å². The Balaban J connectivity index is 1.89. The van der Waals surface area contributed by atoms with Gasteiger partial charge in [0.2, 0.25) is 5.91 Å². The smallest absolute Gasteiger partial charge is 0.223 e. The highest BCUT2D eigenvalue weighted by Gasteiger charge is 2.41. The maximum atomic E-state index is 11.9. The van der Waals surface area contributed by atoms with Crippen LogP contribution in [0, 0.1) is 0 Å². The standard InChI is InChI=1S/C14H17NO/c16-14-10-12(11-6-2-1-3-7-11)13-8-4-5-9-15(13)14/h1-3,6-7,12-13H,4-5,8-10H2. The molecule has 1 aromatic carbocycles. The van der Waals surface area contributed by atoms with Crippen molar-refractivity contribution in [1.82, 2.24) is 4.90 Å². The van der Waals surface area contributed by atoms with Gasteiger partial charge in [0.1, 0.15) is 0 Å². The Morgan fingerprint density at radius 1 is 1.12 bits per heavy atom. The SMILES string of the molecule is O=C1CC(c2ccccc2)C2CCCCN12. The highest BCUT2D eigenvalue weighted by Crippen LogP contribution is 2.38. The lowest BCUT2D eigenvalue weighted by atomic mass is 9.87. The molecule has 16 heavy (non-hydrogen) atoms. The van der Waals surface area contributed by atoms with Crippen molar-refractivity contribution in [3.63, 3.8) is 0 Å². The van der Waals surface area contributed by atoms with Gasteiger partial charge in [-0.15, -0.1) is 0 Å². The Morgan fingerprint density at radius 2 is 1.94 bits per heavy atom. The summed E-state index contributed by atoms with van der Waals surface area (Å²) < 4.78 is 0. The molecule has 2 aliphatic rings. The van der Waals surface area contributed by atoms with Gasteiger partial charge in [-0.3, -0.25) is 4.79 Å². The van der Waals surface area contributed by atoms with Crippen LogP contribution in [0.4, 0.5) is 0 Å². The Bertz CT molecular complexity index is 387. The van der Waals surface area contributed by atoms with E-state index in [0.717, 1.165) is 6.54 Å². The third-order valence-electron chi connectivity index (χ3n) is 3.96. The Morgan fingerprint density at radius 3 is 2.75 bits per heavy atom. The number of carbonyl (C=O) groups excluding carboxylic acids is 1. The van der Waals surface area contributed by atoms with Gasteiger partial charge in [0, 0.05) is 24.9 Å². The second-order valence-electron chi connectivity index (χ2n) is 4.87. The van der Waals surface area contributed by atoms with Crippen LogP contribution in [0.3, 0.4) is 0 Å². The van der Waals surface area contributed by atoms with E-state index in [-0.39, 0.29) is 0 Å². The van der Waals surface area contributed by atoms with Crippen LogP contribution in [0.25, 0.3) is 0 Å². The monoisotopic (exact) mass is 215 g/mol. The fraction of sp³-hybridized carbons (Fsp3) is 0.500. The van der Waals surface area contributed by atoms with Gasteiger partial charge in [0.05, 0.1) is 0 Å². The first-order valence-corrected chi connectivity index (χ1v) is 6.20. The third-order valence-corrected chi connectivity index (χ3v) is 3.96. The van der Waals surface area contributed by atoms with Crippen molar-refractivity contribution in [2.24, 2.45) is 0 Å². The molecular formula is C14H17NO. The topological polar surface area (TPSA) is 20.3 Å². The first-order chi connectivity index (χ1) is 7.86. The number of carbonyl (C=O) groups is 1. The van der Waals surface area contributed by atoms with Crippen LogP contribution in [-0.2, 0) is 4.79 Å². The number of benzene rings is 1. The van der Waals surface area contributed by atoms with Crippen LogP contribution in [0.2, 0.25) is 0 Å². The Labute approximate surface area is 96.3 Å². The van der Waals surface area contributed by atoms with Crippen LogP contribution in [-0.4, -0.2) is 23.4 Å². The summed E-state index contributed by atoms with van der Waals surface area (Å²) in [6.07, 6.45) is 4.36. The zero-order valence-corrected chi connectivity index (χ0v) is 9.43. The Kier molecular flexibility index (Phi) is 2.43. The number of nitrogens with zero attached hydrogens (tertiary/aromatic N) is 1. The summed E-state index contributed by atoms with van der Waals surface area (Å²) in [5.74, 6) is 0.799. The van der Waals surface area contributed by atoms with Gasteiger partial charge >= 0.3 is 0 Å². The molecule has 0 N–H and O–H groups in total. The van der Waals surface area contributed by atoms with Gasteiger partial charge in [-0.05, 0) is 24.8 Å². The molecule has 2 nitrogen and oxygen atoms in total. The van der Waals surface area contributed by atoms with Crippen LogP contribution < -0.4 is 0 Å². The fourth-order valence-electron chi connectivity index (χ4n) is 3.17. The molecule has 2 fully saturated rings. The minimum absolute atomic E-state index is 0.360. The summed E-state index contributed by atoms with van der Waals surface area (Å²) in [7, 11) is 0. The predicted molar refractivity (Wildman–Crippen MR) is 63.2 cm³/mol. The third kappa shape index (κ3) is 1.53. The van der Waals surface area contributed by atoms with Crippen molar-refractivity contribution < 1.29 is 4.79 Å². The summed E-state index contributed by atoms with van der Waals surface area (Å²) in [4.78, 5) is 14.0. The number of amides is 1. The normalized spacial score (nSPS) is 29.2.